The van der Waals surface area contributed by atoms with Crippen LogP contribution in [-0.4, -0.2) is 29.1 Å². The Morgan fingerprint density at radius 1 is 1.64 bits per heavy atom. The van der Waals surface area contributed by atoms with Gasteiger partial charge in [0, 0.05) is 19.0 Å². The molecule has 1 aromatic rings. The molecule has 0 aliphatic heterocycles. The van der Waals surface area contributed by atoms with E-state index < -0.39 is 0 Å². The van der Waals surface area contributed by atoms with E-state index in [-0.39, 0.29) is 23.7 Å². The average molecular weight is 196 g/mol. The minimum absolute atomic E-state index is 0.0861. The van der Waals surface area contributed by atoms with Crippen molar-refractivity contribution in [1.29, 1.82) is 0 Å². The molecule has 6 heteroatoms. The summed E-state index contributed by atoms with van der Waals surface area (Å²) in [6.45, 7) is 0. The summed E-state index contributed by atoms with van der Waals surface area (Å²) < 4.78 is 4.96. The molecular formula is C8H12N4O2. The van der Waals surface area contributed by atoms with E-state index in [0.29, 0.717) is 5.89 Å². The fourth-order valence-corrected chi connectivity index (χ4v) is 1.47. The van der Waals surface area contributed by atoms with Gasteiger partial charge in [0.2, 0.25) is 5.89 Å². The molecule has 1 saturated carbocycles. The summed E-state index contributed by atoms with van der Waals surface area (Å²) in [5.41, 5.74) is 5.63. The summed E-state index contributed by atoms with van der Waals surface area (Å²) >= 11 is 0. The molecule has 0 aromatic carbocycles. The van der Waals surface area contributed by atoms with Crippen LogP contribution < -0.4 is 11.1 Å². The Balaban J connectivity index is 2.07. The van der Waals surface area contributed by atoms with E-state index in [1.165, 1.54) is 7.05 Å². The fourth-order valence-electron chi connectivity index (χ4n) is 1.47. The second-order valence-electron chi connectivity index (χ2n) is 3.46. The third kappa shape index (κ3) is 1.48. The highest BCUT2D eigenvalue weighted by molar-refractivity contribution is 5.89. The molecular weight excluding hydrogens is 184 g/mol. The van der Waals surface area contributed by atoms with E-state index in [9.17, 15) is 4.79 Å². The zero-order chi connectivity index (χ0) is 10.1. The smallest absolute Gasteiger partial charge is 0.292 e. The lowest BCUT2D eigenvalue weighted by Crippen LogP contribution is -2.34. The first kappa shape index (κ1) is 9.14. The molecule has 0 unspecified atom stereocenters. The normalized spacial score (nSPS) is 25.6. The molecule has 3 N–H and O–H groups in total. The van der Waals surface area contributed by atoms with E-state index in [1.807, 2.05) is 0 Å². The molecule has 0 atom stereocenters. The number of carbonyl (C=O) groups excluding carboxylic acids is 1. The Labute approximate surface area is 80.9 Å². The Bertz CT molecular complexity index is 343. The van der Waals surface area contributed by atoms with Crippen LogP contribution in [0.4, 0.5) is 0 Å². The van der Waals surface area contributed by atoms with Gasteiger partial charge in [-0.3, -0.25) is 4.79 Å². The molecule has 0 saturated heterocycles. The van der Waals surface area contributed by atoms with Gasteiger partial charge in [-0.2, -0.15) is 4.98 Å². The Kier molecular flexibility index (Phi) is 2.20. The molecule has 14 heavy (non-hydrogen) atoms. The Morgan fingerprint density at radius 3 is 2.93 bits per heavy atom. The maximum absolute atomic E-state index is 11.1. The average Bonchev–Trinajstić information content (AvgIpc) is 2.60. The Hall–Kier alpha value is -1.43. The lowest BCUT2D eigenvalue weighted by molar-refractivity contribution is 0.0950. The molecule has 0 spiro atoms. The summed E-state index contributed by atoms with van der Waals surface area (Å²) in [5.74, 6) is 0.507. The Morgan fingerprint density at radius 2 is 2.36 bits per heavy atom. The van der Waals surface area contributed by atoms with Gasteiger partial charge in [0.25, 0.3) is 11.7 Å². The van der Waals surface area contributed by atoms with Crippen molar-refractivity contribution in [3.8, 4) is 0 Å². The summed E-state index contributed by atoms with van der Waals surface area (Å²) in [4.78, 5) is 15.1. The molecule has 2 rings (SSSR count). The van der Waals surface area contributed by atoms with Crippen LogP contribution in [0.15, 0.2) is 4.52 Å². The van der Waals surface area contributed by atoms with Crippen LogP contribution >= 0.6 is 0 Å². The molecule has 1 fully saturated rings. The minimum Gasteiger partial charge on any atom is -0.352 e. The van der Waals surface area contributed by atoms with Gasteiger partial charge in [-0.05, 0) is 12.8 Å². The highest BCUT2D eigenvalue weighted by Gasteiger charge is 2.32. The standard InChI is InChI=1S/C8H12N4O2/c1-10-7(13)6-11-8(14-12-6)4-2-5(9)3-4/h4-5H,2-3,9H2,1H3,(H,10,13). The zero-order valence-electron chi connectivity index (χ0n) is 7.86. The van der Waals surface area contributed by atoms with Crippen molar-refractivity contribution in [2.45, 2.75) is 24.8 Å². The lowest BCUT2D eigenvalue weighted by atomic mass is 9.81. The summed E-state index contributed by atoms with van der Waals surface area (Å²) in [6, 6.07) is 0.232. The van der Waals surface area contributed by atoms with Gasteiger partial charge in [-0.15, -0.1) is 0 Å². The number of nitrogens with zero attached hydrogens (tertiary/aromatic N) is 2. The number of nitrogens with two attached hydrogens (primary N) is 1. The molecule has 1 amide bonds. The predicted molar refractivity (Wildman–Crippen MR) is 47.6 cm³/mol. The number of aromatic nitrogens is 2. The first-order valence-electron chi connectivity index (χ1n) is 4.52. The van der Waals surface area contributed by atoms with Crippen molar-refractivity contribution in [1.82, 2.24) is 15.5 Å². The number of hydrogen-bond acceptors (Lipinski definition) is 5. The van der Waals surface area contributed by atoms with Crippen LogP contribution in [0.3, 0.4) is 0 Å². The van der Waals surface area contributed by atoms with Crippen LogP contribution in [0.5, 0.6) is 0 Å². The quantitative estimate of drug-likeness (QED) is 0.673. The van der Waals surface area contributed by atoms with Crippen LogP contribution in [-0.2, 0) is 0 Å². The van der Waals surface area contributed by atoms with Gasteiger partial charge in [-0.1, -0.05) is 5.16 Å². The highest BCUT2D eigenvalue weighted by atomic mass is 16.5. The fraction of sp³-hybridized carbons (Fsp3) is 0.625. The molecule has 1 aromatic heterocycles. The maximum Gasteiger partial charge on any atom is 0.292 e. The highest BCUT2D eigenvalue weighted by Crippen LogP contribution is 2.34. The van der Waals surface area contributed by atoms with Crippen LogP contribution in [0.25, 0.3) is 0 Å². The third-order valence-electron chi connectivity index (χ3n) is 2.40. The molecule has 1 aliphatic rings. The SMILES string of the molecule is CNC(=O)c1noc(C2CC(N)C2)n1. The van der Waals surface area contributed by atoms with Gasteiger partial charge in [0.15, 0.2) is 0 Å². The van der Waals surface area contributed by atoms with E-state index in [1.54, 1.807) is 0 Å². The summed E-state index contributed by atoms with van der Waals surface area (Å²) in [6.07, 6.45) is 1.71. The van der Waals surface area contributed by atoms with Crippen LogP contribution in [0.2, 0.25) is 0 Å². The van der Waals surface area contributed by atoms with Crippen molar-refractivity contribution in [3.05, 3.63) is 11.7 Å². The second-order valence-corrected chi connectivity index (χ2v) is 3.46. The van der Waals surface area contributed by atoms with Gasteiger partial charge in [-0.25, -0.2) is 0 Å². The van der Waals surface area contributed by atoms with Crippen molar-refractivity contribution in [2.75, 3.05) is 7.05 Å². The lowest BCUT2D eigenvalue weighted by Gasteiger charge is -2.28. The van der Waals surface area contributed by atoms with Gasteiger partial charge < -0.3 is 15.6 Å². The zero-order valence-corrected chi connectivity index (χ0v) is 7.86. The number of amides is 1. The first-order chi connectivity index (χ1) is 6.70. The van der Waals surface area contributed by atoms with Crippen LogP contribution in [0.1, 0.15) is 35.3 Å². The second kappa shape index (κ2) is 3.38. The monoisotopic (exact) mass is 196 g/mol. The minimum atomic E-state index is -0.330. The molecule has 6 nitrogen and oxygen atoms in total. The molecule has 1 heterocycles. The van der Waals surface area contributed by atoms with Crippen molar-refractivity contribution < 1.29 is 9.32 Å². The molecule has 76 valence electrons. The number of nitrogens with one attached hydrogen (secondary N) is 1. The largest absolute Gasteiger partial charge is 0.352 e. The molecule has 0 bridgehead atoms. The van der Waals surface area contributed by atoms with Gasteiger partial charge in [0.1, 0.15) is 0 Å². The van der Waals surface area contributed by atoms with E-state index >= 15 is 0 Å². The topological polar surface area (TPSA) is 94.0 Å². The summed E-state index contributed by atoms with van der Waals surface area (Å²) in [5, 5.41) is 6.01. The van der Waals surface area contributed by atoms with Gasteiger partial charge >= 0.3 is 0 Å². The van der Waals surface area contributed by atoms with Crippen LogP contribution in [0, 0.1) is 0 Å². The number of rotatable bonds is 2. The van der Waals surface area contributed by atoms with Crippen molar-refractivity contribution in [3.63, 3.8) is 0 Å². The van der Waals surface area contributed by atoms with E-state index in [0.717, 1.165) is 12.8 Å². The maximum atomic E-state index is 11.1. The number of carbonyl (C=O) groups is 1. The van der Waals surface area contributed by atoms with E-state index in [4.69, 9.17) is 10.3 Å². The number of hydrogen-bond donors (Lipinski definition) is 2. The van der Waals surface area contributed by atoms with Crippen molar-refractivity contribution in [2.24, 2.45) is 5.73 Å². The van der Waals surface area contributed by atoms with Gasteiger partial charge in [0.05, 0.1) is 0 Å². The summed E-state index contributed by atoms with van der Waals surface area (Å²) in [7, 11) is 1.53. The molecule has 1 aliphatic carbocycles. The third-order valence-corrected chi connectivity index (χ3v) is 2.40. The predicted octanol–water partition coefficient (Wildman–Crippen LogP) is -0.366. The molecule has 0 radical (unpaired) electrons. The van der Waals surface area contributed by atoms with E-state index in [2.05, 4.69) is 15.5 Å². The van der Waals surface area contributed by atoms with Crippen molar-refractivity contribution >= 4 is 5.91 Å². The first-order valence-corrected chi connectivity index (χ1v) is 4.52.